The normalized spacial score (nSPS) is 22.6. The number of carbonyl (C=O) groups excluding carboxylic acids is 1. The van der Waals surface area contributed by atoms with E-state index < -0.39 is 0 Å². The van der Waals surface area contributed by atoms with Crippen molar-refractivity contribution in [1.29, 1.82) is 0 Å². The number of aliphatic hydroxyl groups is 1. The van der Waals surface area contributed by atoms with E-state index in [1.54, 1.807) is 11.3 Å². The third-order valence-corrected chi connectivity index (χ3v) is 5.05. The van der Waals surface area contributed by atoms with Gasteiger partial charge in [-0.25, -0.2) is 0 Å². The molecule has 2 N–H and O–H groups in total. The van der Waals surface area contributed by atoms with Crippen molar-refractivity contribution in [3.63, 3.8) is 0 Å². The van der Waals surface area contributed by atoms with Crippen molar-refractivity contribution in [1.82, 2.24) is 10.2 Å². The zero-order valence-electron chi connectivity index (χ0n) is 12.2. The van der Waals surface area contributed by atoms with Gasteiger partial charge in [-0.3, -0.25) is 9.69 Å². The van der Waals surface area contributed by atoms with Gasteiger partial charge in [-0.1, -0.05) is 6.07 Å². The predicted molar refractivity (Wildman–Crippen MR) is 81.9 cm³/mol. The summed E-state index contributed by atoms with van der Waals surface area (Å²) in [5, 5.41) is 14.7. The summed E-state index contributed by atoms with van der Waals surface area (Å²) in [5.74, 6) is 0.393. The fourth-order valence-corrected chi connectivity index (χ4v) is 3.35. The molecule has 5 heteroatoms. The van der Waals surface area contributed by atoms with Crippen LogP contribution in [0.1, 0.15) is 25.1 Å². The average molecular weight is 296 g/mol. The highest BCUT2D eigenvalue weighted by molar-refractivity contribution is 7.09. The molecule has 1 aliphatic rings. The lowest BCUT2D eigenvalue weighted by atomic mass is 10.0. The molecule has 4 nitrogen and oxygen atoms in total. The largest absolute Gasteiger partial charge is 0.393 e. The van der Waals surface area contributed by atoms with Crippen molar-refractivity contribution in [2.75, 3.05) is 19.6 Å². The number of amides is 1. The number of nitrogens with zero attached hydrogens (tertiary/aromatic N) is 1. The number of thiophene rings is 1. The maximum absolute atomic E-state index is 12.1. The molecule has 1 amide bonds. The van der Waals surface area contributed by atoms with Gasteiger partial charge in [0.25, 0.3) is 0 Å². The Morgan fingerprint density at radius 1 is 1.60 bits per heavy atom. The van der Waals surface area contributed by atoms with Crippen LogP contribution in [-0.2, 0) is 11.2 Å². The standard InChI is InChI=1S/C15H24N2O2S/c1-11(17-8-6-13(10-17)12(2)18)15(19)16-7-5-14-4-3-9-20-14/h3-4,9,11-13,18H,5-8,10H2,1-2H3,(H,16,19). The Labute approximate surface area is 124 Å². The smallest absolute Gasteiger partial charge is 0.237 e. The molecule has 0 saturated carbocycles. The Morgan fingerprint density at radius 3 is 3.00 bits per heavy atom. The predicted octanol–water partition coefficient (Wildman–Crippen LogP) is 1.50. The molecule has 1 aromatic rings. The summed E-state index contributed by atoms with van der Waals surface area (Å²) in [6.07, 6.45) is 1.59. The molecule has 0 radical (unpaired) electrons. The molecule has 1 aromatic heterocycles. The van der Waals surface area contributed by atoms with Gasteiger partial charge in [0.05, 0.1) is 12.1 Å². The second-order valence-corrected chi connectivity index (χ2v) is 6.61. The van der Waals surface area contributed by atoms with Crippen LogP contribution in [0.25, 0.3) is 0 Å². The van der Waals surface area contributed by atoms with Crippen molar-refractivity contribution in [3.8, 4) is 0 Å². The van der Waals surface area contributed by atoms with Crippen LogP contribution in [-0.4, -0.2) is 47.7 Å². The molecular formula is C15H24N2O2S. The van der Waals surface area contributed by atoms with E-state index in [0.29, 0.717) is 12.5 Å². The highest BCUT2D eigenvalue weighted by Gasteiger charge is 2.31. The average Bonchev–Trinajstić information content (AvgIpc) is 3.08. The van der Waals surface area contributed by atoms with Crippen LogP contribution >= 0.6 is 11.3 Å². The molecule has 0 aliphatic carbocycles. The molecule has 2 heterocycles. The lowest BCUT2D eigenvalue weighted by Crippen LogP contribution is -2.44. The molecule has 2 rings (SSSR count). The van der Waals surface area contributed by atoms with E-state index in [1.807, 2.05) is 19.9 Å². The van der Waals surface area contributed by atoms with Gasteiger partial charge in [-0.05, 0) is 50.6 Å². The summed E-state index contributed by atoms with van der Waals surface area (Å²) in [5.41, 5.74) is 0. The molecule has 0 aromatic carbocycles. The lowest BCUT2D eigenvalue weighted by molar-refractivity contribution is -0.125. The van der Waals surface area contributed by atoms with Gasteiger partial charge < -0.3 is 10.4 Å². The van der Waals surface area contributed by atoms with E-state index >= 15 is 0 Å². The molecule has 3 unspecified atom stereocenters. The van der Waals surface area contributed by atoms with Crippen LogP contribution in [0.3, 0.4) is 0 Å². The van der Waals surface area contributed by atoms with Gasteiger partial charge in [0.15, 0.2) is 0 Å². The minimum atomic E-state index is -0.283. The quantitative estimate of drug-likeness (QED) is 0.836. The van der Waals surface area contributed by atoms with Crippen molar-refractivity contribution in [2.24, 2.45) is 5.92 Å². The van der Waals surface area contributed by atoms with E-state index in [9.17, 15) is 9.90 Å². The fourth-order valence-electron chi connectivity index (χ4n) is 2.64. The minimum Gasteiger partial charge on any atom is -0.393 e. The zero-order valence-corrected chi connectivity index (χ0v) is 13.0. The Morgan fingerprint density at radius 2 is 2.40 bits per heavy atom. The maximum atomic E-state index is 12.1. The molecule has 0 spiro atoms. The van der Waals surface area contributed by atoms with Crippen LogP contribution in [0.5, 0.6) is 0 Å². The summed E-state index contributed by atoms with van der Waals surface area (Å²) < 4.78 is 0. The first-order chi connectivity index (χ1) is 9.58. The molecule has 0 bridgehead atoms. The first kappa shape index (κ1) is 15.5. The summed E-state index contributed by atoms with van der Waals surface area (Å²) in [7, 11) is 0. The molecule has 20 heavy (non-hydrogen) atoms. The number of hydrogen-bond acceptors (Lipinski definition) is 4. The minimum absolute atomic E-state index is 0.0906. The van der Waals surface area contributed by atoms with Gasteiger partial charge in [0.2, 0.25) is 5.91 Å². The molecule has 1 aliphatic heterocycles. The fraction of sp³-hybridized carbons (Fsp3) is 0.667. The van der Waals surface area contributed by atoms with Gasteiger partial charge >= 0.3 is 0 Å². The Balaban J connectivity index is 1.72. The van der Waals surface area contributed by atoms with E-state index in [-0.39, 0.29) is 18.1 Å². The molecule has 1 saturated heterocycles. The van der Waals surface area contributed by atoms with Crippen molar-refractivity contribution in [2.45, 2.75) is 38.8 Å². The summed E-state index contributed by atoms with van der Waals surface area (Å²) in [6, 6.07) is 4.01. The SMILES string of the molecule is CC(O)C1CCN(C(C)C(=O)NCCc2cccs2)C1. The molecule has 112 valence electrons. The van der Waals surface area contributed by atoms with E-state index in [1.165, 1.54) is 4.88 Å². The van der Waals surface area contributed by atoms with Crippen LogP contribution in [0.2, 0.25) is 0 Å². The lowest BCUT2D eigenvalue weighted by Gasteiger charge is -2.24. The number of hydrogen-bond donors (Lipinski definition) is 2. The summed E-state index contributed by atoms with van der Waals surface area (Å²) in [6.45, 7) is 6.19. The second kappa shape index (κ2) is 7.20. The van der Waals surface area contributed by atoms with Crippen molar-refractivity contribution in [3.05, 3.63) is 22.4 Å². The number of nitrogens with one attached hydrogen (secondary N) is 1. The van der Waals surface area contributed by atoms with Gasteiger partial charge in [-0.15, -0.1) is 11.3 Å². The topological polar surface area (TPSA) is 52.6 Å². The van der Waals surface area contributed by atoms with Crippen molar-refractivity contribution >= 4 is 17.2 Å². The Bertz CT molecular complexity index is 420. The number of rotatable bonds is 6. The first-order valence-corrected chi connectivity index (χ1v) is 8.18. The van der Waals surface area contributed by atoms with Crippen LogP contribution in [0, 0.1) is 5.92 Å². The Kier molecular flexibility index (Phi) is 5.57. The van der Waals surface area contributed by atoms with Crippen LogP contribution < -0.4 is 5.32 Å². The van der Waals surface area contributed by atoms with E-state index in [0.717, 1.165) is 25.9 Å². The van der Waals surface area contributed by atoms with Gasteiger partial charge in [-0.2, -0.15) is 0 Å². The first-order valence-electron chi connectivity index (χ1n) is 7.30. The number of likely N-dealkylation sites (tertiary alicyclic amines) is 1. The van der Waals surface area contributed by atoms with Crippen LogP contribution in [0.15, 0.2) is 17.5 Å². The molecule has 3 atom stereocenters. The highest BCUT2D eigenvalue weighted by Crippen LogP contribution is 2.21. The summed E-state index contributed by atoms with van der Waals surface area (Å²) in [4.78, 5) is 15.6. The van der Waals surface area contributed by atoms with Gasteiger partial charge in [0.1, 0.15) is 0 Å². The summed E-state index contributed by atoms with van der Waals surface area (Å²) >= 11 is 1.72. The van der Waals surface area contributed by atoms with Gasteiger partial charge in [0, 0.05) is 18.0 Å². The van der Waals surface area contributed by atoms with Crippen LogP contribution in [0.4, 0.5) is 0 Å². The third-order valence-electron chi connectivity index (χ3n) is 4.12. The number of carbonyl (C=O) groups is 1. The third kappa shape index (κ3) is 4.04. The molecule has 1 fully saturated rings. The zero-order chi connectivity index (χ0) is 14.5. The van der Waals surface area contributed by atoms with E-state index in [2.05, 4.69) is 21.7 Å². The Hall–Kier alpha value is -0.910. The van der Waals surface area contributed by atoms with E-state index in [4.69, 9.17) is 0 Å². The highest BCUT2D eigenvalue weighted by atomic mass is 32.1. The van der Waals surface area contributed by atoms with Crippen molar-refractivity contribution < 1.29 is 9.90 Å². The monoisotopic (exact) mass is 296 g/mol. The molecular weight excluding hydrogens is 272 g/mol. The second-order valence-electron chi connectivity index (χ2n) is 5.58. The number of aliphatic hydroxyl groups excluding tert-OH is 1. The maximum Gasteiger partial charge on any atom is 0.237 e.